The molecule has 0 saturated carbocycles. The number of nitrogens with one attached hydrogen (secondary N) is 1. The lowest BCUT2D eigenvalue weighted by Crippen LogP contribution is -2.51. The Morgan fingerprint density at radius 3 is 2.94 bits per heavy atom. The molecule has 4 heterocycles. The second-order valence-electron chi connectivity index (χ2n) is 9.04. The van der Waals surface area contributed by atoms with Crippen molar-refractivity contribution in [3.8, 4) is 0 Å². The normalized spacial score (nSPS) is 26.4. The number of rotatable bonds is 6. The number of hydrogen-bond donors (Lipinski definition) is 3. The molecule has 9 nitrogen and oxygen atoms in total. The van der Waals surface area contributed by atoms with E-state index in [0.717, 1.165) is 17.6 Å². The van der Waals surface area contributed by atoms with Gasteiger partial charge in [-0.05, 0) is 30.9 Å². The van der Waals surface area contributed by atoms with Crippen molar-refractivity contribution in [2.24, 2.45) is 17.6 Å². The number of aromatic amines is 1. The number of carboxylic acid groups (broad SMARTS) is 1. The molecule has 0 spiro atoms. The van der Waals surface area contributed by atoms with E-state index >= 15 is 0 Å². The van der Waals surface area contributed by atoms with Crippen molar-refractivity contribution in [3.05, 3.63) is 60.0 Å². The predicted octanol–water partition coefficient (Wildman–Crippen LogP) is 2.39. The number of H-pyrrole nitrogens is 1. The molecule has 5 rings (SSSR count). The van der Waals surface area contributed by atoms with E-state index < -0.39 is 30.2 Å². The van der Waals surface area contributed by atoms with Crippen LogP contribution in [0.1, 0.15) is 36.6 Å². The molecule has 9 heteroatoms. The summed E-state index contributed by atoms with van der Waals surface area (Å²) in [7, 11) is 0. The molecule has 1 saturated heterocycles. The first kappa shape index (κ1) is 22.2. The van der Waals surface area contributed by atoms with Crippen LogP contribution in [0.25, 0.3) is 10.9 Å². The summed E-state index contributed by atoms with van der Waals surface area (Å²) >= 11 is 0. The Kier molecular flexibility index (Phi) is 5.65. The third-order valence-electron chi connectivity index (χ3n) is 7.13. The van der Waals surface area contributed by atoms with E-state index in [9.17, 15) is 14.4 Å². The number of nitrogens with zero attached hydrogens (tertiary/aromatic N) is 1. The van der Waals surface area contributed by atoms with E-state index in [1.807, 2.05) is 23.1 Å². The zero-order valence-corrected chi connectivity index (χ0v) is 18.6. The van der Waals surface area contributed by atoms with Crippen molar-refractivity contribution < 1.29 is 29.0 Å². The number of benzene rings is 1. The van der Waals surface area contributed by atoms with Crippen molar-refractivity contribution in [2.75, 3.05) is 6.54 Å². The van der Waals surface area contributed by atoms with Gasteiger partial charge in [-0.2, -0.15) is 0 Å². The first-order valence-electron chi connectivity index (χ1n) is 11.5. The Morgan fingerprint density at radius 1 is 1.38 bits per heavy atom. The third-order valence-corrected chi connectivity index (χ3v) is 7.13. The van der Waals surface area contributed by atoms with Gasteiger partial charge in [0.2, 0.25) is 6.29 Å². The number of nitrogens with two attached hydrogens (primary N) is 1. The van der Waals surface area contributed by atoms with Gasteiger partial charge in [0.15, 0.2) is 0 Å². The van der Waals surface area contributed by atoms with Crippen LogP contribution in [0.2, 0.25) is 0 Å². The smallest absolute Gasteiger partial charge is 0.326 e. The lowest BCUT2D eigenvalue weighted by molar-refractivity contribution is -0.185. The minimum absolute atomic E-state index is 0.0388. The summed E-state index contributed by atoms with van der Waals surface area (Å²) in [4.78, 5) is 42.0. The van der Waals surface area contributed by atoms with Crippen LogP contribution in [-0.4, -0.2) is 51.7 Å². The van der Waals surface area contributed by atoms with E-state index in [0.29, 0.717) is 18.5 Å². The number of carbonyl (C=O) groups is 3. The van der Waals surface area contributed by atoms with Crippen molar-refractivity contribution in [1.29, 1.82) is 0 Å². The summed E-state index contributed by atoms with van der Waals surface area (Å²) in [6, 6.07) is 6.94. The first-order valence-corrected chi connectivity index (χ1v) is 11.5. The average molecular weight is 466 g/mol. The summed E-state index contributed by atoms with van der Waals surface area (Å²) in [5.41, 5.74) is 9.70. The Labute approximate surface area is 196 Å². The first-order chi connectivity index (χ1) is 16.4. The fraction of sp³-hybridized carbons (Fsp3) is 0.400. The maximum Gasteiger partial charge on any atom is 0.326 e. The molecular formula is C25H27N3O6. The molecule has 0 aliphatic carbocycles. The highest BCUT2D eigenvalue weighted by Gasteiger charge is 2.49. The molecule has 2 aromatic rings. The van der Waals surface area contributed by atoms with Gasteiger partial charge < -0.3 is 30.2 Å². The van der Waals surface area contributed by atoms with Crippen LogP contribution >= 0.6 is 0 Å². The number of aliphatic carboxylic acids is 1. The van der Waals surface area contributed by atoms with Crippen molar-refractivity contribution in [1.82, 2.24) is 9.88 Å². The maximum atomic E-state index is 13.4. The third kappa shape index (κ3) is 3.66. The molecule has 3 aliphatic heterocycles. The van der Waals surface area contributed by atoms with Gasteiger partial charge in [0, 0.05) is 35.5 Å². The number of hydrogen-bond acceptors (Lipinski definition) is 6. The van der Waals surface area contributed by atoms with Crippen LogP contribution < -0.4 is 5.73 Å². The van der Waals surface area contributed by atoms with Gasteiger partial charge in [-0.15, -0.1) is 6.58 Å². The minimum atomic E-state index is -1.08. The molecule has 34 heavy (non-hydrogen) atoms. The van der Waals surface area contributed by atoms with E-state index in [4.69, 9.17) is 20.3 Å². The zero-order chi connectivity index (χ0) is 24.0. The highest BCUT2D eigenvalue weighted by Crippen LogP contribution is 2.48. The highest BCUT2D eigenvalue weighted by molar-refractivity contribution is 5.96. The molecule has 0 radical (unpaired) electrons. The predicted molar refractivity (Wildman–Crippen MR) is 122 cm³/mol. The molecule has 1 fully saturated rings. The van der Waals surface area contributed by atoms with Crippen molar-refractivity contribution in [2.45, 2.75) is 44.1 Å². The molecule has 5 unspecified atom stereocenters. The fourth-order valence-corrected chi connectivity index (χ4v) is 5.40. The van der Waals surface area contributed by atoms with Gasteiger partial charge in [0.05, 0.1) is 23.8 Å². The summed E-state index contributed by atoms with van der Waals surface area (Å²) in [5, 5.41) is 10.00. The fourth-order valence-electron chi connectivity index (χ4n) is 5.40. The van der Waals surface area contributed by atoms with Gasteiger partial charge in [0.25, 0.3) is 5.91 Å². The molecule has 0 bridgehead atoms. The lowest BCUT2D eigenvalue weighted by atomic mass is 9.74. The Morgan fingerprint density at radius 2 is 2.18 bits per heavy atom. The lowest BCUT2D eigenvalue weighted by Gasteiger charge is -2.47. The zero-order valence-electron chi connectivity index (χ0n) is 18.6. The summed E-state index contributed by atoms with van der Waals surface area (Å²) in [6.07, 6.45) is 3.19. The molecule has 4 N–H and O–H groups in total. The van der Waals surface area contributed by atoms with Crippen LogP contribution in [0.15, 0.2) is 48.8 Å². The van der Waals surface area contributed by atoms with Gasteiger partial charge >= 0.3 is 11.9 Å². The number of esters is 1. The number of ether oxygens (including phenoxy) is 2. The topological polar surface area (TPSA) is 135 Å². The SMILES string of the molecule is C=CC1C(OC(=O)C(N)CCC(=O)O)OC=C2C(=O)N3CCc4c([nH]c5ccccc45)C3CC21. The van der Waals surface area contributed by atoms with Crippen molar-refractivity contribution in [3.63, 3.8) is 0 Å². The number of aromatic nitrogens is 1. The van der Waals surface area contributed by atoms with E-state index in [1.165, 1.54) is 17.2 Å². The van der Waals surface area contributed by atoms with E-state index in [2.05, 4.69) is 17.6 Å². The largest absolute Gasteiger partial charge is 0.481 e. The molecule has 178 valence electrons. The number of piperidine rings is 1. The quantitative estimate of drug-likeness (QED) is 0.440. The van der Waals surface area contributed by atoms with Crippen LogP contribution in [0.4, 0.5) is 0 Å². The number of para-hydroxylation sites is 1. The summed E-state index contributed by atoms with van der Waals surface area (Å²) < 4.78 is 11.2. The summed E-state index contributed by atoms with van der Waals surface area (Å²) in [5.74, 6) is -2.56. The molecule has 5 atom stereocenters. The monoisotopic (exact) mass is 465 g/mol. The van der Waals surface area contributed by atoms with Gasteiger partial charge in [0.1, 0.15) is 6.04 Å². The summed E-state index contributed by atoms with van der Waals surface area (Å²) in [6.45, 7) is 4.53. The molecule has 1 aromatic carbocycles. The minimum Gasteiger partial charge on any atom is -0.481 e. The molecule has 1 aromatic heterocycles. The number of amides is 1. The van der Waals surface area contributed by atoms with Crippen LogP contribution in [0.5, 0.6) is 0 Å². The molecule has 1 amide bonds. The Balaban J connectivity index is 1.40. The number of carbonyl (C=O) groups excluding carboxylic acids is 2. The number of carboxylic acids is 1. The Bertz CT molecular complexity index is 1200. The molecular weight excluding hydrogens is 438 g/mol. The van der Waals surface area contributed by atoms with Gasteiger partial charge in [-0.1, -0.05) is 24.3 Å². The Hall–Kier alpha value is -3.59. The van der Waals surface area contributed by atoms with E-state index in [-0.39, 0.29) is 30.7 Å². The standard InChI is InChI=1S/C25H27N3O6/c1-2-13-16-11-20-22-15(14-5-3-4-6-19(14)27-22)9-10-28(20)23(31)17(16)12-33-25(13)34-24(32)18(26)7-8-21(29)30/h2-6,12-13,16,18,20,25,27H,1,7-11,26H2,(H,29,30). The van der Waals surface area contributed by atoms with Crippen LogP contribution in [-0.2, 0) is 30.3 Å². The van der Waals surface area contributed by atoms with E-state index in [1.54, 1.807) is 6.08 Å². The second kappa shape index (κ2) is 8.64. The average Bonchev–Trinajstić information content (AvgIpc) is 3.21. The second-order valence-corrected chi connectivity index (χ2v) is 9.04. The number of fused-ring (bicyclic) bond motifs is 6. The highest BCUT2D eigenvalue weighted by atomic mass is 16.7. The van der Waals surface area contributed by atoms with Crippen LogP contribution in [0, 0.1) is 11.8 Å². The molecule has 3 aliphatic rings. The van der Waals surface area contributed by atoms with Crippen LogP contribution in [0.3, 0.4) is 0 Å². The van der Waals surface area contributed by atoms with Gasteiger partial charge in [-0.25, -0.2) is 0 Å². The van der Waals surface area contributed by atoms with Crippen molar-refractivity contribution >= 4 is 28.7 Å². The van der Waals surface area contributed by atoms with Gasteiger partial charge in [-0.3, -0.25) is 14.4 Å². The maximum absolute atomic E-state index is 13.4.